The van der Waals surface area contributed by atoms with E-state index in [9.17, 15) is 25.0 Å². The van der Waals surface area contributed by atoms with Gasteiger partial charge in [-0.1, -0.05) is 0 Å². The number of carbonyl (C=O) groups excluding carboxylic acids is 1. The van der Waals surface area contributed by atoms with E-state index in [0.717, 1.165) is 4.70 Å². The van der Waals surface area contributed by atoms with Crippen LogP contribution in [0.2, 0.25) is 0 Å². The maximum absolute atomic E-state index is 12.5. The number of nitro groups is 2. The molecule has 9 nitrogen and oxygen atoms in total. The fraction of sp³-hybridized carbons (Fsp3) is 0. The van der Waals surface area contributed by atoms with Crippen molar-refractivity contribution in [3.63, 3.8) is 0 Å². The quantitative estimate of drug-likeness (QED) is 0.343. The number of thiazole rings is 1. The minimum absolute atomic E-state index is 0.00189. The molecule has 4 aromatic rings. The van der Waals surface area contributed by atoms with Crippen molar-refractivity contribution in [2.24, 2.45) is 0 Å². The molecule has 0 radical (unpaired) electrons. The van der Waals surface area contributed by atoms with Crippen LogP contribution in [-0.2, 0) is 0 Å². The lowest BCUT2D eigenvalue weighted by atomic mass is 10.2. The predicted molar refractivity (Wildman–Crippen MR) is 109 cm³/mol. The van der Waals surface area contributed by atoms with E-state index >= 15 is 0 Å². The van der Waals surface area contributed by atoms with E-state index in [1.165, 1.54) is 57.6 Å². The van der Waals surface area contributed by atoms with Gasteiger partial charge in [0.1, 0.15) is 0 Å². The monoisotopic (exact) mass is 432 g/mol. The molecule has 4 rings (SSSR count). The first kappa shape index (κ1) is 18.2. The molecular weight excluding hydrogens is 424 g/mol. The number of nitrogens with one attached hydrogen (secondary N) is 1. The smallest absolute Gasteiger partial charge is 0.280 e. The number of amides is 1. The molecule has 1 amide bonds. The van der Waals surface area contributed by atoms with Gasteiger partial charge in [0.15, 0.2) is 5.13 Å². The second-order valence-electron chi connectivity index (χ2n) is 5.51. The summed E-state index contributed by atoms with van der Waals surface area (Å²) in [5, 5.41) is 28.5. The molecule has 1 N–H and O–H groups in total. The van der Waals surface area contributed by atoms with Crippen molar-refractivity contribution in [1.82, 2.24) is 4.98 Å². The predicted octanol–water partition coefficient (Wildman–Crippen LogP) is 5.16. The number of benzene rings is 1. The van der Waals surface area contributed by atoms with Crippen molar-refractivity contribution < 1.29 is 14.6 Å². The Labute approximate surface area is 168 Å². The molecule has 0 aliphatic carbocycles. The SMILES string of the molecule is O=C(Nc1nc(-c2cc([N+](=O)[O-])cs2)cs1)c1cc2cc([N+](=O)[O-])ccc2s1. The molecule has 0 aliphatic rings. The summed E-state index contributed by atoms with van der Waals surface area (Å²) in [6.45, 7) is 0. The summed E-state index contributed by atoms with van der Waals surface area (Å²) in [6, 6.07) is 7.46. The van der Waals surface area contributed by atoms with Gasteiger partial charge in [0.2, 0.25) is 0 Å². The van der Waals surface area contributed by atoms with Gasteiger partial charge in [0.25, 0.3) is 17.3 Å². The van der Waals surface area contributed by atoms with Crippen LogP contribution in [0.4, 0.5) is 16.5 Å². The summed E-state index contributed by atoms with van der Waals surface area (Å²) >= 11 is 3.63. The number of hydrogen-bond donors (Lipinski definition) is 1. The molecule has 0 aliphatic heterocycles. The number of nitro benzene ring substituents is 1. The normalized spacial score (nSPS) is 10.9. The van der Waals surface area contributed by atoms with Crippen LogP contribution in [0.3, 0.4) is 0 Å². The highest BCUT2D eigenvalue weighted by atomic mass is 32.1. The second kappa shape index (κ2) is 7.07. The fourth-order valence-corrected chi connectivity index (χ4v) is 4.95. The van der Waals surface area contributed by atoms with Crippen LogP contribution in [0.25, 0.3) is 20.7 Å². The molecule has 0 bridgehead atoms. The molecule has 3 heterocycles. The minimum Gasteiger partial charge on any atom is -0.297 e. The third-order valence-corrected chi connectivity index (χ3v) is 6.52. The highest BCUT2D eigenvalue weighted by molar-refractivity contribution is 7.21. The number of thiophene rings is 2. The lowest BCUT2D eigenvalue weighted by Crippen LogP contribution is -2.09. The number of nitrogens with zero attached hydrogens (tertiary/aromatic N) is 3. The van der Waals surface area contributed by atoms with Crippen LogP contribution >= 0.6 is 34.0 Å². The number of fused-ring (bicyclic) bond motifs is 1. The molecule has 0 saturated heterocycles. The Morgan fingerprint density at radius 2 is 1.79 bits per heavy atom. The number of carbonyl (C=O) groups is 1. The van der Waals surface area contributed by atoms with E-state index in [4.69, 9.17) is 0 Å². The molecule has 1 aromatic carbocycles. The average Bonchev–Trinajstić information content (AvgIpc) is 3.39. The zero-order valence-electron chi connectivity index (χ0n) is 13.6. The number of hydrogen-bond acceptors (Lipinski definition) is 9. The first-order valence-electron chi connectivity index (χ1n) is 7.59. The van der Waals surface area contributed by atoms with Gasteiger partial charge in [-0.3, -0.25) is 30.3 Å². The lowest BCUT2D eigenvalue weighted by Gasteiger charge is -1.97. The Morgan fingerprint density at radius 1 is 1.00 bits per heavy atom. The Morgan fingerprint density at radius 3 is 2.50 bits per heavy atom. The Hall–Kier alpha value is -3.22. The summed E-state index contributed by atoms with van der Waals surface area (Å²) in [7, 11) is 0. The van der Waals surface area contributed by atoms with Crippen LogP contribution in [0, 0.1) is 20.2 Å². The lowest BCUT2D eigenvalue weighted by molar-refractivity contribution is -0.384. The molecule has 140 valence electrons. The fourth-order valence-electron chi connectivity index (χ4n) is 2.42. The molecule has 0 unspecified atom stereocenters. The van der Waals surface area contributed by atoms with Gasteiger partial charge in [-0.05, 0) is 12.1 Å². The van der Waals surface area contributed by atoms with Gasteiger partial charge in [0, 0.05) is 33.7 Å². The van der Waals surface area contributed by atoms with Gasteiger partial charge < -0.3 is 0 Å². The standard InChI is InChI=1S/C16H8N4O5S3/c21-15(14-4-8-3-9(19(22)23)1-2-12(8)28-14)18-16-17-11(7-27-16)13-5-10(6-26-13)20(24)25/h1-7H,(H,17,18,21). The maximum Gasteiger partial charge on any atom is 0.280 e. The number of aromatic nitrogens is 1. The molecule has 0 spiro atoms. The number of anilines is 1. The van der Waals surface area contributed by atoms with Gasteiger partial charge in [-0.2, -0.15) is 0 Å². The summed E-state index contributed by atoms with van der Waals surface area (Å²) in [5.74, 6) is -0.373. The van der Waals surface area contributed by atoms with E-state index in [0.29, 0.717) is 26.0 Å². The zero-order valence-corrected chi connectivity index (χ0v) is 16.1. The molecule has 0 fully saturated rings. The molecule has 12 heteroatoms. The van der Waals surface area contributed by atoms with Gasteiger partial charge in [-0.15, -0.1) is 34.0 Å². The summed E-state index contributed by atoms with van der Waals surface area (Å²) < 4.78 is 0.765. The largest absolute Gasteiger partial charge is 0.297 e. The van der Waals surface area contributed by atoms with Crippen molar-refractivity contribution >= 4 is 66.5 Å². The van der Waals surface area contributed by atoms with Crippen molar-refractivity contribution in [3.05, 3.63) is 66.2 Å². The molecule has 3 aromatic heterocycles. The van der Waals surface area contributed by atoms with Crippen molar-refractivity contribution in [3.8, 4) is 10.6 Å². The van der Waals surface area contributed by atoms with Crippen LogP contribution in [0.5, 0.6) is 0 Å². The van der Waals surface area contributed by atoms with Gasteiger partial charge in [-0.25, -0.2) is 4.98 Å². The zero-order chi connectivity index (χ0) is 19.8. The first-order valence-corrected chi connectivity index (χ1v) is 10.2. The van der Waals surface area contributed by atoms with E-state index in [-0.39, 0.29) is 17.3 Å². The van der Waals surface area contributed by atoms with E-state index < -0.39 is 9.85 Å². The third kappa shape index (κ3) is 3.47. The number of non-ortho nitro benzene ring substituents is 1. The van der Waals surface area contributed by atoms with E-state index in [1.807, 2.05) is 0 Å². The highest BCUT2D eigenvalue weighted by Crippen LogP contribution is 2.34. The minimum atomic E-state index is -0.483. The van der Waals surface area contributed by atoms with E-state index in [1.54, 1.807) is 17.5 Å². The van der Waals surface area contributed by atoms with Crippen molar-refractivity contribution in [1.29, 1.82) is 0 Å². The molecule has 0 saturated carbocycles. The molecular formula is C16H8N4O5S3. The van der Waals surface area contributed by atoms with Crippen LogP contribution in [-0.4, -0.2) is 20.7 Å². The van der Waals surface area contributed by atoms with Gasteiger partial charge in [0.05, 0.1) is 30.7 Å². The highest BCUT2D eigenvalue weighted by Gasteiger charge is 2.17. The maximum atomic E-state index is 12.5. The van der Waals surface area contributed by atoms with Crippen molar-refractivity contribution in [2.45, 2.75) is 0 Å². The third-order valence-electron chi connectivity index (χ3n) is 3.71. The summed E-state index contributed by atoms with van der Waals surface area (Å²) in [6.07, 6.45) is 0. The molecule has 28 heavy (non-hydrogen) atoms. The Balaban J connectivity index is 1.53. The summed E-state index contributed by atoms with van der Waals surface area (Å²) in [4.78, 5) is 38.5. The number of rotatable bonds is 5. The topological polar surface area (TPSA) is 128 Å². The van der Waals surface area contributed by atoms with Crippen LogP contribution in [0.1, 0.15) is 9.67 Å². The second-order valence-corrected chi connectivity index (χ2v) is 8.36. The van der Waals surface area contributed by atoms with Crippen LogP contribution < -0.4 is 5.32 Å². The Bertz CT molecular complexity index is 1240. The first-order chi connectivity index (χ1) is 13.4. The van der Waals surface area contributed by atoms with E-state index in [2.05, 4.69) is 10.3 Å². The summed E-state index contributed by atoms with van der Waals surface area (Å²) in [5.41, 5.74) is 0.509. The molecule has 0 atom stereocenters. The van der Waals surface area contributed by atoms with Crippen LogP contribution in [0.15, 0.2) is 41.1 Å². The van der Waals surface area contributed by atoms with Crippen molar-refractivity contribution in [2.75, 3.05) is 5.32 Å². The van der Waals surface area contributed by atoms with Gasteiger partial charge >= 0.3 is 0 Å². The Kier molecular flexibility index (Phi) is 4.58. The average molecular weight is 432 g/mol.